The number of alkyl halides is 1. The van der Waals surface area contributed by atoms with Gasteiger partial charge in [0.2, 0.25) is 5.82 Å². The lowest BCUT2D eigenvalue weighted by Crippen LogP contribution is -2.32. The van der Waals surface area contributed by atoms with Crippen molar-refractivity contribution in [1.82, 2.24) is 25.2 Å². The molecule has 1 saturated heterocycles. The largest absolute Gasteiger partial charge is 0.441 e. The number of nitrogens with zero attached hydrogens (tertiary/aromatic N) is 6. The monoisotopic (exact) mass is 416 g/mol. The first-order valence-electron chi connectivity index (χ1n) is 9.26. The van der Waals surface area contributed by atoms with E-state index in [1.54, 1.807) is 18.2 Å². The van der Waals surface area contributed by atoms with Gasteiger partial charge in [-0.1, -0.05) is 6.07 Å². The predicted molar refractivity (Wildman–Crippen MR) is 102 cm³/mol. The summed E-state index contributed by atoms with van der Waals surface area (Å²) in [5.41, 5.74) is 1.57. The van der Waals surface area contributed by atoms with E-state index in [0.717, 1.165) is 4.90 Å². The molecule has 0 bridgehead atoms. The van der Waals surface area contributed by atoms with Crippen LogP contribution in [0.3, 0.4) is 0 Å². The van der Waals surface area contributed by atoms with E-state index < -0.39 is 30.8 Å². The molecule has 2 atom stereocenters. The summed E-state index contributed by atoms with van der Waals surface area (Å²) in [7, 11) is 0. The number of ether oxygens (including phenoxy) is 1. The third-order valence-electron chi connectivity index (χ3n) is 4.73. The van der Waals surface area contributed by atoms with Gasteiger partial charge in [-0.25, -0.2) is 13.6 Å². The SMILES string of the molecule is CCn1nnc(-c2ccc(-c3ccc(N4CC(C(O)CF)OC4=O)cc3F)cn2)n1. The number of pyridine rings is 1. The van der Waals surface area contributed by atoms with Crippen LogP contribution in [0, 0.1) is 5.82 Å². The molecule has 0 radical (unpaired) electrons. The molecular formula is C19H18F2N6O3. The minimum atomic E-state index is -1.42. The molecule has 3 aromatic rings. The van der Waals surface area contributed by atoms with Crippen molar-refractivity contribution in [3.63, 3.8) is 0 Å². The molecule has 0 spiro atoms. The predicted octanol–water partition coefficient (Wildman–Crippen LogP) is 2.22. The minimum absolute atomic E-state index is 0.0651. The van der Waals surface area contributed by atoms with Crippen molar-refractivity contribution in [2.75, 3.05) is 18.1 Å². The van der Waals surface area contributed by atoms with Gasteiger partial charge in [-0.3, -0.25) is 9.88 Å². The Morgan fingerprint density at radius 3 is 2.80 bits per heavy atom. The second-order valence-electron chi connectivity index (χ2n) is 6.65. The molecule has 1 aromatic carbocycles. The second-order valence-corrected chi connectivity index (χ2v) is 6.65. The average Bonchev–Trinajstić information content (AvgIpc) is 3.40. The normalized spacial score (nSPS) is 17.3. The fraction of sp³-hybridized carbons (Fsp3) is 0.316. The number of anilines is 1. The van der Waals surface area contributed by atoms with Gasteiger partial charge in [0.25, 0.3) is 0 Å². The number of rotatable bonds is 6. The van der Waals surface area contributed by atoms with E-state index in [9.17, 15) is 18.7 Å². The van der Waals surface area contributed by atoms with E-state index >= 15 is 0 Å². The summed E-state index contributed by atoms with van der Waals surface area (Å²) in [6, 6.07) is 7.60. The topological polar surface area (TPSA) is 106 Å². The number of cyclic esters (lactones) is 1. The Labute approximate surface area is 169 Å². The molecular weight excluding hydrogens is 398 g/mol. The number of aliphatic hydroxyl groups is 1. The first kappa shape index (κ1) is 19.8. The molecule has 3 heterocycles. The lowest BCUT2D eigenvalue weighted by Gasteiger charge is -2.15. The number of carbonyl (C=O) groups excluding carboxylic acids is 1. The van der Waals surface area contributed by atoms with Gasteiger partial charge >= 0.3 is 6.09 Å². The third kappa shape index (κ3) is 3.71. The maximum Gasteiger partial charge on any atom is 0.414 e. The summed E-state index contributed by atoms with van der Waals surface area (Å²) in [6.07, 6.45) is -1.68. The van der Waals surface area contributed by atoms with Crippen molar-refractivity contribution in [3.05, 3.63) is 42.3 Å². The summed E-state index contributed by atoms with van der Waals surface area (Å²) in [5.74, 6) is -0.198. The van der Waals surface area contributed by atoms with Gasteiger partial charge in [-0.05, 0) is 36.4 Å². The standard InChI is InChI=1S/C19H18F2N6O3/c1-2-27-24-18(23-25-27)15-6-3-11(9-22-15)13-5-4-12(7-14(13)21)26-10-17(16(28)8-20)30-19(26)29/h3-7,9,16-17,28H,2,8,10H2,1H3. The number of hydrogen-bond donors (Lipinski definition) is 1. The minimum Gasteiger partial charge on any atom is -0.441 e. The van der Waals surface area contributed by atoms with Crippen LogP contribution in [0.4, 0.5) is 19.3 Å². The van der Waals surface area contributed by atoms with Crippen LogP contribution in [0.5, 0.6) is 0 Å². The summed E-state index contributed by atoms with van der Waals surface area (Å²) < 4.78 is 32.3. The van der Waals surface area contributed by atoms with Crippen LogP contribution < -0.4 is 4.90 Å². The van der Waals surface area contributed by atoms with Crippen molar-refractivity contribution in [2.24, 2.45) is 0 Å². The number of aromatic nitrogens is 5. The number of hydrogen-bond acceptors (Lipinski definition) is 7. The van der Waals surface area contributed by atoms with Gasteiger partial charge in [-0.15, -0.1) is 10.2 Å². The van der Waals surface area contributed by atoms with Crippen LogP contribution in [0.15, 0.2) is 36.5 Å². The Morgan fingerprint density at radius 1 is 1.33 bits per heavy atom. The number of carbonyl (C=O) groups is 1. The summed E-state index contributed by atoms with van der Waals surface area (Å²) in [5, 5.41) is 21.5. The third-order valence-corrected chi connectivity index (χ3v) is 4.73. The zero-order valence-electron chi connectivity index (χ0n) is 15.9. The molecule has 1 aliphatic heterocycles. The van der Waals surface area contributed by atoms with E-state index in [-0.39, 0.29) is 17.8 Å². The fourth-order valence-corrected chi connectivity index (χ4v) is 3.07. The van der Waals surface area contributed by atoms with Crippen LogP contribution in [-0.4, -0.2) is 61.8 Å². The molecule has 4 rings (SSSR count). The van der Waals surface area contributed by atoms with Gasteiger partial charge in [0.15, 0.2) is 6.10 Å². The highest BCUT2D eigenvalue weighted by Gasteiger charge is 2.37. The van der Waals surface area contributed by atoms with E-state index in [2.05, 4.69) is 20.4 Å². The van der Waals surface area contributed by atoms with Crippen molar-refractivity contribution in [3.8, 4) is 22.6 Å². The summed E-state index contributed by atoms with van der Waals surface area (Å²) in [6.45, 7) is 1.37. The Kier molecular flexibility index (Phi) is 5.36. The first-order valence-corrected chi connectivity index (χ1v) is 9.26. The van der Waals surface area contributed by atoms with E-state index in [4.69, 9.17) is 4.74 Å². The maximum absolute atomic E-state index is 14.8. The van der Waals surface area contributed by atoms with E-state index in [1.807, 2.05) is 6.92 Å². The lowest BCUT2D eigenvalue weighted by molar-refractivity contribution is 0.0188. The number of halogens is 2. The second kappa shape index (κ2) is 8.11. The van der Waals surface area contributed by atoms with Crippen LogP contribution >= 0.6 is 0 Å². The summed E-state index contributed by atoms with van der Waals surface area (Å²) in [4.78, 5) is 18.8. The first-order chi connectivity index (χ1) is 14.5. The Balaban J connectivity index is 1.54. The number of benzene rings is 1. The van der Waals surface area contributed by atoms with Crippen molar-refractivity contribution in [1.29, 1.82) is 0 Å². The van der Waals surface area contributed by atoms with E-state index in [1.165, 1.54) is 23.1 Å². The van der Waals surface area contributed by atoms with Crippen molar-refractivity contribution < 1.29 is 23.4 Å². The lowest BCUT2D eigenvalue weighted by atomic mass is 10.1. The molecule has 2 aromatic heterocycles. The number of aryl methyl sites for hydroxylation is 1. The molecule has 0 aliphatic carbocycles. The van der Waals surface area contributed by atoms with E-state index in [0.29, 0.717) is 23.6 Å². The molecule has 1 aliphatic rings. The van der Waals surface area contributed by atoms with Gasteiger partial charge in [0.05, 0.1) is 18.8 Å². The van der Waals surface area contributed by atoms with Gasteiger partial charge in [0.1, 0.15) is 24.3 Å². The van der Waals surface area contributed by atoms with Crippen LogP contribution in [0.1, 0.15) is 6.92 Å². The van der Waals surface area contributed by atoms with Gasteiger partial charge in [-0.2, -0.15) is 4.80 Å². The highest BCUT2D eigenvalue weighted by molar-refractivity contribution is 5.90. The maximum atomic E-state index is 14.8. The van der Waals surface area contributed by atoms with Crippen molar-refractivity contribution in [2.45, 2.75) is 25.7 Å². The molecule has 1 fully saturated rings. The van der Waals surface area contributed by atoms with Crippen LogP contribution in [-0.2, 0) is 11.3 Å². The fourth-order valence-electron chi connectivity index (χ4n) is 3.07. The Hall–Kier alpha value is -3.47. The number of tetrazole rings is 1. The molecule has 1 amide bonds. The smallest absolute Gasteiger partial charge is 0.414 e. The molecule has 156 valence electrons. The molecule has 30 heavy (non-hydrogen) atoms. The molecule has 9 nitrogen and oxygen atoms in total. The highest BCUT2D eigenvalue weighted by atomic mass is 19.1. The highest BCUT2D eigenvalue weighted by Crippen LogP contribution is 2.30. The Bertz CT molecular complexity index is 1060. The van der Waals surface area contributed by atoms with Crippen molar-refractivity contribution >= 4 is 11.8 Å². The molecule has 0 saturated carbocycles. The zero-order chi connectivity index (χ0) is 21.3. The van der Waals surface area contributed by atoms with Gasteiger partial charge in [0, 0.05) is 17.3 Å². The number of aliphatic hydroxyl groups excluding tert-OH is 1. The van der Waals surface area contributed by atoms with Crippen LogP contribution in [0.25, 0.3) is 22.6 Å². The van der Waals surface area contributed by atoms with Crippen LogP contribution in [0.2, 0.25) is 0 Å². The Morgan fingerprint density at radius 2 is 2.17 bits per heavy atom. The quantitative estimate of drug-likeness (QED) is 0.657. The zero-order valence-corrected chi connectivity index (χ0v) is 15.9. The molecule has 1 N–H and O–H groups in total. The summed E-state index contributed by atoms with van der Waals surface area (Å²) >= 11 is 0. The van der Waals surface area contributed by atoms with Gasteiger partial charge < -0.3 is 9.84 Å². The molecule has 11 heteroatoms. The average molecular weight is 416 g/mol. The molecule has 2 unspecified atom stereocenters. The number of amides is 1.